The molecule has 1 aromatic heterocycles. The summed E-state index contributed by atoms with van der Waals surface area (Å²) < 4.78 is 5.09. The van der Waals surface area contributed by atoms with E-state index >= 15 is 0 Å². The van der Waals surface area contributed by atoms with E-state index in [-0.39, 0.29) is 5.75 Å². The SMILES string of the molecule is COc1ccc(-c2cc(SCC(=O)O)ncn2)cc1. The third-order valence-corrected chi connectivity index (χ3v) is 3.28. The maximum atomic E-state index is 10.5. The van der Waals surface area contributed by atoms with Crippen molar-refractivity contribution < 1.29 is 14.6 Å². The quantitative estimate of drug-likeness (QED) is 0.667. The van der Waals surface area contributed by atoms with Gasteiger partial charge in [0.1, 0.15) is 17.1 Å². The summed E-state index contributed by atoms with van der Waals surface area (Å²) in [5, 5.41) is 9.28. The van der Waals surface area contributed by atoms with Crippen molar-refractivity contribution >= 4 is 17.7 Å². The Kier molecular flexibility index (Phi) is 4.35. The lowest BCUT2D eigenvalue weighted by Crippen LogP contribution is -1.98. The Morgan fingerprint density at radius 1 is 1.32 bits per heavy atom. The van der Waals surface area contributed by atoms with Crippen LogP contribution in [0, 0.1) is 0 Å². The molecule has 1 aromatic carbocycles. The maximum Gasteiger partial charge on any atom is 0.313 e. The molecule has 98 valence electrons. The van der Waals surface area contributed by atoms with Crippen LogP contribution in [0.2, 0.25) is 0 Å². The largest absolute Gasteiger partial charge is 0.497 e. The van der Waals surface area contributed by atoms with Gasteiger partial charge in [0, 0.05) is 5.56 Å². The topological polar surface area (TPSA) is 72.3 Å². The normalized spacial score (nSPS) is 10.2. The molecule has 0 amide bonds. The molecule has 0 saturated carbocycles. The van der Waals surface area contributed by atoms with Crippen molar-refractivity contribution in [2.45, 2.75) is 5.03 Å². The Hall–Kier alpha value is -2.08. The molecule has 5 nitrogen and oxygen atoms in total. The van der Waals surface area contributed by atoms with Crippen LogP contribution in [0.25, 0.3) is 11.3 Å². The molecule has 0 fully saturated rings. The number of benzene rings is 1. The smallest absolute Gasteiger partial charge is 0.313 e. The number of thioether (sulfide) groups is 1. The fourth-order valence-electron chi connectivity index (χ4n) is 1.47. The van der Waals surface area contributed by atoms with Gasteiger partial charge in [-0.15, -0.1) is 0 Å². The van der Waals surface area contributed by atoms with Crippen LogP contribution in [0.4, 0.5) is 0 Å². The van der Waals surface area contributed by atoms with Crippen LogP contribution < -0.4 is 4.74 Å². The first-order chi connectivity index (χ1) is 9.19. The molecule has 2 aromatic rings. The first-order valence-corrected chi connectivity index (χ1v) is 6.48. The summed E-state index contributed by atoms with van der Waals surface area (Å²) in [7, 11) is 1.61. The molecule has 0 saturated heterocycles. The van der Waals surface area contributed by atoms with Gasteiger partial charge < -0.3 is 9.84 Å². The summed E-state index contributed by atoms with van der Waals surface area (Å²) in [5.74, 6) is -0.105. The van der Waals surface area contributed by atoms with Gasteiger partial charge in [-0.2, -0.15) is 0 Å². The fraction of sp³-hybridized carbons (Fsp3) is 0.154. The van der Waals surface area contributed by atoms with Crippen LogP contribution in [0.5, 0.6) is 5.75 Å². The molecule has 2 rings (SSSR count). The lowest BCUT2D eigenvalue weighted by Gasteiger charge is -2.04. The van der Waals surface area contributed by atoms with E-state index < -0.39 is 5.97 Å². The highest BCUT2D eigenvalue weighted by Gasteiger charge is 2.05. The molecular formula is C13H12N2O3S. The zero-order valence-electron chi connectivity index (χ0n) is 10.2. The number of carbonyl (C=O) groups is 1. The number of nitrogens with zero attached hydrogens (tertiary/aromatic N) is 2. The fourth-order valence-corrected chi connectivity index (χ4v) is 2.06. The van der Waals surface area contributed by atoms with Gasteiger partial charge in [0.2, 0.25) is 0 Å². The molecule has 1 heterocycles. The summed E-state index contributed by atoms with van der Waals surface area (Å²) in [6.45, 7) is 0. The van der Waals surface area contributed by atoms with Gasteiger partial charge in [-0.05, 0) is 30.3 Å². The van der Waals surface area contributed by atoms with Crippen LogP contribution in [-0.4, -0.2) is 33.9 Å². The number of hydrogen-bond acceptors (Lipinski definition) is 5. The van der Waals surface area contributed by atoms with Crippen molar-refractivity contribution in [1.82, 2.24) is 9.97 Å². The highest BCUT2D eigenvalue weighted by molar-refractivity contribution is 7.99. The summed E-state index contributed by atoms with van der Waals surface area (Å²) in [5.41, 5.74) is 1.69. The first-order valence-electron chi connectivity index (χ1n) is 5.50. The third kappa shape index (κ3) is 3.69. The number of aliphatic carboxylic acids is 1. The van der Waals surface area contributed by atoms with Gasteiger partial charge in [-0.1, -0.05) is 11.8 Å². The van der Waals surface area contributed by atoms with Gasteiger partial charge >= 0.3 is 5.97 Å². The van der Waals surface area contributed by atoms with Crippen molar-refractivity contribution in [1.29, 1.82) is 0 Å². The molecule has 0 aliphatic carbocycles. The van der Waals surface area contributed by atoms with Crippen LogP contribution in [0.3, 0.4) is 0 Å². The minimum Gasteiger partial charge on any atom is -0.497 e. The lowest BCUT2D eigenvalue weighted by atomic mass is 10.1. The van der Waals surface area contributed by atoms with Crippen LogP contribution in [0.1, 0.15) is 0 Å². The summed E-state index contributed by atoms with van der Waals surface area (Å²) >= 11 is 1.17. The van der Waals surface area contributed by atoms with Gasteiger partial charge in [-0.3, -0.25) is 4.79 Å². The summed E-state index contributed by atoms with van der Waals surface area (Å²) in [6.07, 6.45) is 1.43. The monoisotopic (exact) mass is 276 g/mol. The second kappa shape index (κ2) is 6.19. The van der Waals surface area contributed by atoms with Crippen LogP contribution in [-0.2, 0) is 4.79 Å². The minimum atomic E-state index is -0.866. The predicted molar refractivity (Wildman–Crippen MR) is 72.4 cm³/mol. The number of ether oxygens (including phenoxy) is 1. The summed E-state index contributed by atoms with van der Waals surface area (Å²) in [4.78, 5) is 18.7. The van der Waals surface area contributed by atoms with Crippen LogP contribution in [0.15, 0.2) is 41.7 Å². The highest BCUT2D eigenvalue weighted by atomic mass is 32.2. The second-order valence-electron chi connectivity index (χ2n) is 3.65. The first kappa shape index (κ1) is 13.4. The Morgan fingerprint density at radius 3 is 2.68 bits per heavy atom. The summed E-state index contributed by atoms with van der Waals surface area (Å²) in [6, 6.07) is 9.26. The molecule has 0 aliphatic rings. The Labute approximate surface area is 114 Å². The minimum absolute atomic E-state index is 0.0148. The van der Waals surface area contributed by atoms with E-state index in [1.54, 1.807) is 13.2 Å². The lowest BCUT2D eigenvalue weighted by molar-refractivity contribution is -0.133. The van der Waals surface area contributed by atoms with Crippen molar-refractivity contribution in [2.75, 3.05) is 12.9 Å². The second-order valence-corrected chi connectivity index (χ2v) is 4.65. The van der Waals surface area contributed by atoms with Gasteiger partial charge in [-0.25, -0.2) is 9.97 Å². The standard InChI is InChI=1S/C13H12N2O3S/c1-18-10-4-2-9(3-5-10)11-6-12(15-8-14-11)19-7-13(16)17/h2-6,8H,7H2,1H3,(H,16,17). The number of hydrogen-bond donors (Lipinski definition) is 1. The van der Waals surface area contributed by atoms with E-state index in [1.165, 1.54) is 18.1 Å². The average molecular weight is 276 g/mol. The van der Waals surface area contributed by atoms with E-state index in [4.69, 9.17) is 9.84 Å². The number of carboxylic acid groups (broad SMARTS) is 1. The van der Waals surface area contributed by atoms with Gasteiger partial charge in [0.05, 0.1) is 18.6 Å². The van der Waals surface area contributed by atoms with E-state index in [0.29, 0.717) is 5.03 Å². The Morgan fingerprint density at radius 2 is 2.05 bits per heavy atom. The molecule has 19 heavy (non-hydrogen) atoms. The van der Waals surface area contributed by atoms with E-state index in [2.05, 4.69) is 9.97 Å². The van der Waals surface area contributed by atoms with Gasteiger partial charge in [0.25, 0.3) is 0 Å². The molecule has 0 spiro atoms. The van der Waals surface area contributed by atoms with Crippen molar-refractivity contribution in [2.24, 2.45) is 0 Å². The molecule has 0 radical (unpaired) electrons. The van der Waals surface area contributed by atoms with Crippen molar-refractivity contribution in [3.05, 3.63) is 36.7 Å². The number of methoxy groups -OCH3 is 1. The van der Waals surface area contributed by atoms with E-state index in [9.17, 15) is 4.79 Å². The zero-order chi connectivity index (χ0) is 13.7. The molecule has 0 bridgehead atoms. The van der Waals surface area contributed by atoms with Crippen molar-refractivity contribution in [3.63, 3.8) is 0 Å². The van der Waals surface area contributed by atoms with Crippen molar-refractivity contribution in [3.8, 4) is 17.0 Å². The molecule has 1 N–H and O–H groups in total. The molecular weight excluding hydrogens is 264 g/mol. The molecule has 0 aliphatic heterocycles. The third-order valence-electron chi connectivity index (χ3n) is 2.37. The van der Waals surface area contributed by atoms with Crippen LogP contribution >= 0.6 is 11.8 Å². The zero-order valence-corrected chi connectivity index (χ0v) is 11.1. The highest BCUT2D eigenvalue weighted by Crippen LogP contribution is 2.23. The molecule has 6 heteroatoms. The van der Waals surface area contributed by atoms with Gasteiger partial charge in [0.15, 0.2) is 0 Å². The predicted octanol–water partition coefficient (Wildman–Crippen LogP) is 2.33. The number of carboxylic acids is 1. The number of rotatable bonds is 5. The molecule has 0 atom stereocenters. The van der Waals surface area contributed by atoms with E-state index in [1.807, 2.05) is 24.3 Å². The molecule has 0 unspecified atom stereocenters. The number of aromatic nitrogens is 2. The van der Waals surface area contributed by atoms with E-state index in [0.717, 1.165) is 17.0 Å². The maximum absolute atomic E-state index is 10.5. The Balaban J connectivity index is 2.19. The Bertz CT molecular complexity index is 572. The average Bonchev–Trinajstić information content (AvgIpc) is 2.45.